The van der Waals surface area contributed by atoms with Crippen LogP contribution in [-0.2, 0) is 6.42 Å². The molecule has 0 radical (unpaired) electrons. The van der Waals surface area contributed by atoms with Crippen LogP contribution in [0.3, 0.4) is 0 Å². The van der Waals surface area contributed by atoms with Crippen LogP contribution in [-0.4, -0.2) is 47.3 Å². The Morgan fingerprint density at radius 1 is 1.56 bits per heavy atom. The Labute approximate surface area is 96.2 Å². The standard InChI is InChI=1S/C11H20N4O/c1-3-10-8-12-5-7-15(10)6-4-11-13-9(2)14-16-11/h10,12H,3-8H2,1-2H3. The summed E-state index contributed by atoms with van der Waals surface area (Å²) in [4.78, 5) is 6.74. The van der Waals surface area contributed by atoms with Crippen molar-refractivity contribution in [2.75, 3.05) is 26.2 Å². The molecule has 5 heteroatoms. The molecule has 0 amide bonds. The first-order valence-electron chi connectivity index (χ1n) is 6.03. The van der Waals surface area contributed by atoms with Gasteiger partial charge in [0.25, 0.3) is 0 Å². The van der Waals surface area contributed by atoms with Gasteiger partial charge in [-0.15, -0.1) is 0 Å². The van der Waals surface area contributed by atoms with Crippen molar-refractivity contribution in [1.29, 1.82) is 0 Å². The molecule has 1 N–H and O–H groups in total. The fourth-order valence-corrected chi connectivity index (χ4v) is 2.18. The van der Waals surface area contributed by atoms with Gasteiger partial charge in [0.05, 0.1) is 0 Å². The van der Waals surface area contributed by atoms with Crippen LogP contribution >= 0.6 is 0 Å². The first-order valence-corrected chi connectivity index (χ1v) is 6.03. The van der Waals surface area contributed by atoms with Crippen LogP contribution in [0.25, 0.3) is 0 Å². The molecule has 16 heavy (non-hydrogen) atoms. The van der Waals surface area contributed by atoms with Gasteiger partial charge in [0.15, 0.2) is 5.82 Å². The maximum Gasteiger partial charge on any atom is 0.227 e. The van der Waals surface area contributed by atoms with Gasteiger partial charge in [0.2, 0.25) is 5.89 Å². The van der Waals surface area contributed by atoms with Crippen LogP contribution in [0.2, 0.25) is 0 Å². The van der Waals surface area contributed by atoms with Gasteiger partial charge in [0.1, 0.15) is 0 Å². The molecule has 2 heterocycles. The van der Waals surface area contributed by atoms with Gasteiger partial charge < -0.3 is 9.84 Å². The highest BCUT2D eigenvalue weighted by molar-refractivity contribution is 4.86. The summed E-state index contributed by atoms with van der Waals surface area (Å²) in [5.41, 5.74) is 0. The van der Waals surface area contributed by atoms with Crippen LogP contribution < -0.4 is 5.32 Å². The van der Waals surface area contributed by atoms with Gasteiger partial charge in [-0.3, -0.25) is 4.90 Å². The fraction of sp³-hybridized carbons (Fsp3) is 0.818. The lowest BCUT2D eigenvalue weighted by Crippen LogP contribution is -2.51. The molecule has 0 bridgehead atoms. The second-order valence-electron chi connectivity index (χ2n) is 4.29. The molecule has 1 aromatic heterocycles. The van der Waals surface area contributed by atoms with Crippen molar-refractivity contribution >= 4 is 0 Å². The number of hydrogen-bond acceptors (Lipinski definition) is 5. The Hall–Kier alpha value is -0.940. The summed E-state index contributed by atoms with van der Waals surface area (Å²) in [5.74, 6) is 1.48. The zero-order valence-electron chi connectivity index (χ0n) is 10.1. The SMILES string of the molecule is CCC1CNCCN1CCc1nc(C)no1. The fourth-order valence-electron chi connectivity index (χ4n) is 2.18. The van der Waals surface area contributed by atoms with E-state index in [9.17, 15) is 0 Å². The molecule has 90 valence electrons. The van der Waals surface area contributed by atoms with Crippen molar-refractivity contribution in [3.8, 4) is 0 Å². The highest BCUT2D eigenvalue weighted by Gasteiger charge is 2.20. The third kappa shape index (κ3) is 2.80. The van der Waals surface area contributed by atoms with Crippen LogP contribution in [0.1, 0.15) is 25.1 Å². The molecule has 2 rings (SSSR count). The normalized spacial score (nSPS) is 22.5. The molecule has 1 aliphatic rings. The number of rotatable bonds is 4. The van der Waals surface area contributed by atoms with Gasteiger partial charge in [-0.25, -0.2) is 0 Å². The van der Waals surface area contributed by atoms with E-state index < -0.39 is 0 Å². The van der Waals surface area contributed by atoms with Gasteiger partial charge >= 0.3 is 0 Å². The average molecular weight is 224 g/mol. The van der Waals surface area contributed by atoms with Gasteiger partial charge in [-0.2, -0.15) is 4.98 Å². The summed E-state index contributed by atoms with van der Waals surface area (Å²) < 4.78 is 5.12. The predicted octanol–water partition coefficient (Wildman–Crippen LogP) is 0.604. The second-order valence-corrected chi connectivity index (χ2v) is 4.29. The van der Waals surface area contributed by atoms with E-state index in [1.54, 1.807) is 0 Å². The van der Waals surface area contributed by atoms with Gasteiger partial charge in [0, 0.05) is 38.6 Å². The zero-order valence-corrected chi connectivity index (χ0v) is 10.1. The van der Waals surface area contributed by atoms with Crippen LogP contribution in [0.15, 0.2) is 4.52 Å². The Morgan fingerprint density at radius 3 is 3.12 bits per heavy atom. The van der Waals surface area contributed by atoms with Crippen molar-refractivity contribution in [2.24, 2.45) is 0 Å². The van der Waals surface area contributed by atoms with Crippen LogP contribution in [0.4, 0.5) is 0 Å². The van der Waals surface area contributed by atoms with E-state index in [1.807, 2.05) is 6.92 Å². The van der Waals surface area contributed by atoms with Crippen molar-refractivity contribution < 1.29 is 4.52 Å². The average Bonchev–Trinajstić information content (AvgIpc) is 2.73. The largest absolute Gasteiger partial charge is 0.339 e. The quantitative estimate of drug-likeness (QED) is 0.812. The van der Waals surface area contributed by atoms with E-state index in [4.69, 9.17) is 4.52 Å². The number of nitrogens with one attached hydrogen (secondary N) is 1. The molecule has 0 aliphatic carbocycles. The van der Waals surface area contributed by atoms with Crippen molar-refractivity contribution in [3.05, 3.63) is 11.7 Å². The maximum absolute atomic E-state index is 5.12. The van der Waals surface area contributed by atoms with Crippen LogP contribution in [0, 0.1) is 6.92 Å². The Kier molecular flexibility index (Phi) is 3.90. The summed E-state index contributed by atoms with van der Waals surface area (Å²) in [6.07, 6.45) is 2.05. The zero-order chi connectivity index (χ0) is 11.4. The summed E-state index contributed by atoms with van der Waals surface area (Å²) in [7, 11) is 0. The summed E-state index contributed by atoms with van der Waals surface area (Å²) in [6, 6.07) is 0.651. The number of aromatic nitrogens is 2. The van der Waals surface area contributed by atoms with Crippen molar-refractivity contribution in [2.45, 2.75) is 32.7 Å². The lowest BCUT2D eigenvalue weighted by Gasteiger charge is -2.35. The smallest absolute Gasteiger partial charge is 0.227 e. The number of hydrogen-bond donors (Lipinski definition) is 1. The molecule has 1 atom stereocenters. The maximum atomic E-state index is 5.12. The molecule has 1 aromatic rings. The Balaban J connectivity index is 1.84. The molecular weight excluding hydrogens is 204 g/mol. The molecule has 0 saturated carbocycles. The van der Waals surface area contributed by atoms with E-state index in [0.29, 0.717) is 6.04 Å². The minimum Gasteiger partial charge on any atom is -0.339 e. The lowest BCUT2D eigenvalue weighted by molar-refractivity contribution is 0.154. The van der Waals surface area contributed by atoms with Gasteiger partial charge in [-0.05, 0) is 13.3 Å². The first-order chi connectivity index (χ1) is 7.79. The lowest BCUT2D eigenvalue weighted by atomic mass is 10.1. The topological polar surface area (TPSA) is 54.2 Å². The van der Waals surface area contributed by atoms with Crippen LogP contribution in [0.5, 0.6) is 0 Å². The summed E-state index contributed by atoms with van der Waals surface area (Å²) in [5, 5.41) is 7.23. The number of piperazine rings is 1. The van der Waals surface area contributed by atoms with E-state index in [-0.39, 0.29) is 0 Å². The van der Waals surface area contributed by atoms with Gasteiger partial charge in [-0.1, -0.05) is 12.1 Å². The number of aryl methyl sites for hydroxylation is 1. The monoisotopic (exact) mass is 224 g/mol. The van der Waals surface area contributed by atoms with E-state index in [1.165, 1.54) is 6.42 Å². The highest BCUT2D eigenvalue weighted by Crippen LogP contribution is 2.08. The second kappa shape index (κ2) is 5.41. The summed E-state index contributed by atoms with van der Waals surface area (Å²) >= 11 is 0. The van der Waals surface area contributed by atoms with Crippen molar-refractivity contribution in [1.82, 2.24) is 20.4 Å². The third-order valence-electron chi connectivity index (χ3n) is 3.13. The predicted molar refractivity (Wildman–Crippen MR) is 61.3 cm³/mol. The molecule has 5 nitrogen and oxygen atoms in total. The van der Waals surface area contributed by atoms with E-state index >= 15 is 0 Å². The first kappa shape index (κ1) is 11.5. The van der Waals surface area contributed by atoms with Crippen molar-refractivity contribution in [3.63, 3.8) is 0 Å². The Morgan fingerprint density at radius 2 is 2.44 bits per heavy atom. The number of nitrogens with zero attached hydrogens (tertiary/aromatic N) is 3. The summed E-state index contributed by atoms with van der Waals surface area (Å²) in [6.45, 7) is 8.40. The highest BCUT2D eigenvalue weighted by atomic mass is 16.5. The molecule has 1 unspecified atom stereocenters. The molecule has 1 saturated heterocycles. The molecular formula is C11H20N4O. The molecule has 0 spiro atoms. The minimum absolute atomic E-state index is 0.651. The Bertz CT molecular complexity index is 326. The minimum atomic E-state index is 0.651. The van der Waals surface area contributed by atoms with E-state index in [2.05, 4.69) is 27.3 Å². The van der Waals surface area contributed by atoms with E-state index in [0.717, 1.165) is 44.3 Å². The molecule has 0 aromatic carbocycles. The molecule has 1 fully saturated rings. The molecule has 1 aliphatic heterocycles. The third-order valence-corrected chi connectivity index (χ3v) is 3.13.